The Balaban J connectivity index is 2.14. The molecule has 3 rings (SSSR count). The van der Waals surface area contributed by atoms with Crippen LogP contribution in [0.5, 0.6) is 0 Å². The second kappa shape index (κ2) is 6.56. The van der Waals surface area contributed by atoms with Gasteiger partial charge in [0.1, 0.15) is 0 Å². The van der Waals surface area contributed by atoms with Crippen LogP contribution in [0.4, 0.5) is 0 Å². The number of nitrogens with zero attached hydrogens (tertiary/aromatic N) is 3. The van der Waals surface area contributed by atoms with E-state index in [9.17, 15) is 4.79 Å². The molecular weight excluding hydrogens is 298 g/mol. The number of hydrogen-bond acceptors (Lipinski definition) is 3. The lowest BCUT2D eigenvalue weighted by Gasteiger charge is -2.30. The fourth-order valence-electron chi connectivity index (χ4n) is 3.37. The predicted molar refractivity (Wildman–Crippen MR) is 98.5 cm³/mol. The fraction of sp³-hybridized carbons (Fsp3) is 0.350. The standard InChI is InChI=1S/C20H23N3O/c1-13-5-6-17(18-11-22-9-7-16(13)18)20(21-4)19-12-23(15(3)24)10-8-14(19)2/h5-7,9,11H,8,10,12H2,1-4H3. The lowest BCUT2D eigenvalue weighted by Crippen LogP contribution is -2.37. The highest BCUT2D eigenvalue weighted by molar-refractivity contribution is 6.20. The van der Waals surface area contributed by atoms with Crippen molar-refractivity contribution >= 4 is 22.4 Å². The van der Waals surface area contributed by atoms with Crippen LogP contribution in [0, 0.1) is 6.92 Å². The van der Waals surface area contributed by atoms with Crippen LogP contribution in [0.1, 0.15) is 31.4 Å². The van der Waals surface area contributed by atoms with Gasteiger partial charge in [-0.2, -0.15) is 0 Å². The Morgan fingerprint density at radius 2 is 2.00 bits per heavy atom. The van der Waals surface area contributed by atoms with E-state index >= 15 is 0 Å². The highest BCUT2D eigenvalue weighted by Gasteiger charge is 2.23. The van der Waals surface area contributed by atoms with Crippen molar-refractivity contribution in [3.63, 3.8) is 0 Å². The summed E-state index contributed by atoms with van der Waals surface area (Å²) >= 11 is 0. The number of rotatable bonds is 2. The number of benzene rings is 1. The van der Waals surface area contributed by atoms with Crippen LogP contribution >= 0.6 is 0 Å². The van der Waals surface area contributed by atoms with Crippen molar-refractivity contribution in [2.75, 3.05) is 20.1 Å². The van der Waals surface area contributed by atoms with E-state index in [0.29, 0.717) is 6.54 Å². The Labute approximate surface area is 142 Å². The highest BCUT2D eigenvalue weighted by Crippen LogP contribution is 2.27. The summed E-state index contributed by atoms with van der Waals surface area (Å²) in [5.41, 5.74) is 5.76. The first-order valence-corrected chi connectivity index (χ1v) is 8.28. The van der Waals surface area contributed by atoms with E-state index in [0.717, 1.165) is 35.2 Å². The van der Waals surface area contributed by atoms with Crippen LogP contribution in [0.25, 0.3) is 10.8 Å². The van der Waals surface area contributed by atoms with E-state index in [-0.39, 0.29) is 5.91 Å². The molecule has 2 aromatic rings. The average Bonchev–Trinajstić information content (AvgIpc) is 2.59. The fourth-order valence-corrected chi connectivity index (χ4v) is 3.37. The average molecular weight is 321 g/mol. The minimum atomic E-state index is 0.117. The summed E-state index contributed by atoms with van der Waals surface area (Å²) in [6, 6.07) is 6.30. The van der Waals surface area contributed by atoms with Gasteiger partial charge in [-0.1, -0.05) is 17.7 Å². The van der Waals surface area contributed by atoms with Crippen molar-refractivity contribution in [1.82, 2.24) is 9.88 Å². The molecule has 0 saturated heterocycles. The molecule has 2 heterocycles. The Hall–Kier alpha value is -2.49. The maximum atomic E-state index is 11.8. The molecule has 0 bridgehead atoms. The molecule has 0 aliphatic carbocycles. The molecule has 0 fully saturated rings. The monoisotopic (exact) mass is 321 g/mol. The molecule has 1 aromatic heterocycles. The second-order valence-corrected chi connectivity index (χ2v) is 6.37. The van der Waals surface area contributed by atoms with Gasteiger partial charge in [-0.05, 0) is 42.9 Å². The smallest absolute Gasteiger partial charge is 0.219 e. The number of aromatic nitrogens is 1. The Kier molecular flexibility index (Phi) is 4.47. The molecule has 1 amide bonds. The number of carbonyl (C=O) groups is 1. The SMILES string of the molecule is CN=C(C1=C(C)CCN(C(C)=O)C1)c1ccc(C)c2ccncc12. The van der Waals surface area contributed by atoms with Crippen molar-refractivity contribution in [1.29, 1.82) is 0 Å². The van der Waals surface area contributed by atoms with Gasteiger partial charge >= 0.3 is 0 Å². The van der Waals surface area contributed by atoms with Crippen LogP contribution in [-0.2, 0) is 4.79 Å². The topological polar surface area (TPSA) is 45.6 Å². The molecule has 0 saturated carbocycles. The number of fused-ring (bicyclic) bond motifs is 1. The van der Waals surface area contributed by atoms with Crippen molar-refractivity contribution < 1.29 is 4.79 Å². The van der Waals surface area contributed by atoms with E-state index in [1.165, 1.54) is 16.5 Å². The van der Waals surface area contributed by atoms with Gasteiger partial charge in [-0.3, -0.25) is 14.8 Å². The normalized spacial score (nSPS) is 16.0. The zero-order valence-electron chi connectivity index (χ0n) is 14.8. The molecule has 0 spiro atoms. The number of hydrogen-bond donors (Lipinski definition) is 0. The minimum absolute atomic E-state index is 0.117. The Bertz CT molecular complexity index is 864. The number of carbonyl (C=O) groups excluding carboxylic acids is 1. The van der Waals surface area contributed by atoms with E-state index in [2.05, 4.69) is 36.0 Å². The molecule has 1 aliphatic rings. The molecule has 4 heteroatoms. The zero-order valence-corrected chi connectivity index (χ0v) is 14.8. The van der Waals surface area contributed by atoms with Crippen molar-refractivity contribution in [2.45, 2.75) is 27.2 Å². The maximum Gasteiger partial charge on any atom is 0.219 e. The van der Waals surface area contributed by atoms with Gasteiger partial charge in [0.25, 0.3) is 0 Å². The van der Waals surface area contributed by atoms with E-state index < -0.39 is 0 Å². The molecule has 4 nitrogen and oxygen atoms in total. The number of aryl methyl sites for hydroxylation is 1. The first kappa shape index (κ1) is 16.4. The van der Waals surface area contributed by atoms with Gasteiger partial charge < -0.3 is 4.90 Å². The lowest BCUT2D eigenvalue weighted by molar-refractivity contribution is -0.128. The summed E-state index contributed by atoms with van der Waals surface area (Å²) in [6.45, 7) is 7.30. The summed E-state index contributed by atoms with van der Waals surface area (Å²) in [5.74, 6) is 0.117. The molecule has 0 unspecified atom stereocenters. The van der Waals surface area contributed by atoms with Gasteiger partial charge in [-0.25, -0.2) is 0 Å². The van der Waals surface area contributed by atoms with Crippen molar-refractivity contribution in [3.05, 3.63) is 52.9 Å². The molecule has 0 N–H and O–H groups in total. The highest BCUT2D eigenvalue weighted by atomic mass is 16.2. The van der Waals surface area contributed by atoms with Gasteiger partial charge in [0.05, 0.1) is 5.71 Å². The lowest BCUT2D eigenvalue weighted by atomic mass is 9.90. The Morgan fingerprint density at radius 1 is 1.21 bits per heavy atom. The van der Waals surface area contributed by atoms with Gasteiger partial charge in [0.2, 0.25) is 5.91 Å². The van der Waals surface area contributed by atoms with Crippen LogP contribution in [0.3, 0.4) is 0 Å². The third kappa shape index (κ3) is 2.84. The van der Waals surface area contributed by atoms with E-state index in [1.807, 2.05) is 30.4 Å². The molecule has 124 valence electrons. The number of amides is 1. The first-order valence-electron chi connectivity index (χ1n) is 8.28. The molecule has 0 atom stereocenters. The first-order chi connectivity index (χ1) is 11.5. The van der Waals surface area contributed by atoms with Crippen LogP contribution in [0.15, 0.2) is 46.7 Å². The van der Waals surface area contributed by atoms with Crippen LogP contribution < -0.4 is 0 Å². The van der Waals surface area contributed by atoms with E-state index in [1.54, 1.807) is 6.92 Å². The summed E-state index contributed by atoms with van der Waals surface area (Å²) in [4.78, 5) is 22.6. The quantitative estimate of drug-likeness (QED) is 0.794. The summed E-state index contributed by atoms with van der Waals surface area (Å²) in [7, 11) is 1.82. The van der Waals surface area contributed by atoms with Crippen molar-refractivity contribution in [2.24, 2.45) is 4.99 Å². The molecular formula is C20H23N3O. The van der Waals surface area contributed by atoms with Crippen LogP contribution in [-0.4, -0.2) is 41.6 Å². The third-order valence-corrected chi connectivity index (χ3v) is 4.87. The molecule has 1 aliphatic heterocycles. The van der Waals surface area contributed by atoms with E-state index in [4.69, 9.17) is 0 Å². The molecule has 24 heavy (non-hydrogen) atoms. The van der Waals surface area contributed by atoms with Crippen LogP contribution in [0.2, 0.25) is 0 Å². The molecule has 0 radical (unpaired) electrons. The van der Waals surface area contributed by atoms with Crippen molar-refractivity contribution in [3.8, 4) is 0 Å². The second-order valence-electron chi connectivity index (χ2n) is 6.37. The number of pyridine rings is 1. The molecule has 1 aromatic carbocycles. The summed E-state index contributed by atoms with van der Waals surface area (Å²) in [5, 5.41) is 2.31. The Morgan fingerprint density at radius 3 is 2.71 bits per heavy atom. The minimum Gasteiger partial charge on any atom is -0.338 e. The van der Waals surface area contributed by atoms with Gasteiger partial charge in [0.15, 0.2) is 0 Å². The largest absolute Gasteiger partial charge is 0.338 e. The maximum absolute atomic E-state index is 11.8. The summed E-state index contributed by atoms with van der Waals surface area (Å²) < 4.78 is 0. The van der Waals surface area contributed by atoms with Gasteiger partial charge in [0, 0.05) is 50.4 Å². The van der Waals surface area contributed by atoms with Gasteiger partial charge in [-0.15, -0.1) is 0 Å². The third-order valence-electron chi connectivity index (χ3n) is 4.87. The number of aliphatic imine (C=N–C) groups is 1. The predicted octanol–water partition coefficient (Wildman–Crippen LogP) is 3.53. The zero-order chi connectivity index (χ0) is 17.3. The summed E-state index contributed by atoms with van der Waals surface area (Å²) in [6.07, 6.45) is 4.63.